The Balaban J connectivity index is -0.00000133. The maximum absolute atomic E-state index is 11.1. The van der Waals surface area contributed by atoms with Crippen LogP contribution in [0.4, 0.5) is 0 Å². The SMILES string of the molecule is O=C([O-])CN(Cc1ccn(-c2cccc(-n3ccc(CN(CC(=O)[O-])C[P+]([O-])([O-])[O-])n3)n2)n1)C[P+]([O-])([O-])[O-].[Na+].[Na+].[Na+].[Na+].[Na+].[Na+]. The van der Waals surface area contributed by atoms with E-state index in [1.807, 2.05) is 0 Å². The molecule has 0 aromatic carbocycles. The van der Waals surface area contributed by atoms with E-state index in [2.05, 4.69) is 15.2 Å². The predicted octanol–water partition coefficient (Wildman–Crippen LogP) is -25.8. The number of nitrogens with zero attached hydrogens (tertiary/aromatic N) is 7. The number of carboxylic acids is 2. The number of aliphatic carboxylic acids is 2. The number of hydrogen-bond acceptors (Lipinski definition) is 15. The molecule has 17 nitrogen and oxygen atoms in total. The molecule has 0 fully saturated rings. The minimum atomic E-state index is -5.03. The first-order valence-electron chi connectivity index (χ1n) is 10.6. The maximum atomic E-state index is 11.1. The summed E-state index contributed by atoms with van der Waals surface area (Å²) in [6, 6.07) is 7.71. The molecule has 0 saturated heterocycles. The van der Waals surface area contributed by atoms with E-state index in [9.17, 15) is 49.2 Å². The number of pyridine rings is 1. The Morgan fingerprint density at radius 3 is 1.27 bits per heavy atom. The van der Waals surface area contributed by atoms with Gasteiger partial charge in [-0.05, 0) is 24.3 Å². The molecule has 0 unspecified atom stereocenters. The van der Waals surface area contributed by atoms with Crippen LogP contribution in [0.15, 0.2) is 42.7 Å². The fourth-order valence-electron chi connectivity index (χ4n) is 3.44. The van der Waals surface area contributed by atoms with Crippen LogP contribution >= 0.6 is 15.9 Å². The van der Waals surface area contributed by atoms with E-state index >= 15 is 0 Å². The molecule has 3 aromatic heterocycles. The summed E-state index contributed by atoms with van der Waals surface area (Å²) in [6.07, 6.45) is 0.905. The number of aromatic nitrogens is 5. The van der Waals surface area contributed by atoms with Crippen LogP contribution in [0.1, 0.15) is 11.4 Å². The molecule has 206 valence electrons. The largest absolute Gasteiger partial charge is 1.00 e. The second-order valence-corrected chi connectivity index (χ2v) is 11.1. The number of carboxylic acid groups (broad SMARTS) is 2. The van der Waals surface area contributed by atoms with Crippen molar-refractivity contribution < 1.29 is 227 Å². The summed E-state index contributed by atoms with van der Waals surface area (Å²) in [5.74, 6) is -2.56. The van der Waals surface area contributed by atoms with Crippen molar-refractivity contribution in [3.05, 3.63) is 54.1 Å². The number of carbonyl (C=O) groups is 2. The van der Waals surface area contributed by atoms with Gasteiger partial charge in [0.05, 0.1) is 35.9 Å². The third-order valence-electron chi connectivity index (χ3n) is 4.70. The molecule has 0 radical (unpaired) electrons. The van der Waals surface area contributed by atoms with Crippen LogP contribution in [0.5, 0.6) is 0 Å². The molecule has 0 N–H and O–H groups in total. The molecule has 25 heteroatoms. The number of carbonyl (C=O) groups excluding carboxylic acids is 2. The molecule has 3 rings (SSSR count). The molecule has 0 aliphatic carbocycles. The van der Waals surface area contributed by atoms with Crippen LogP contribution in [0.25, 0.3) is 11.6 Å². The van der Waals surface area contributed by atoms with E-state index in [4.69, 9.17) is 0 Å². The van der Waals surface area contributed by atoms with Gasteiger partial charge in [-0.2, -0.15) is 10.2 Å². The zero-order valence-electron chi connectivity index (χ0n) is 25.4. The van der Waals surface area contributed by atoms with Gasteiger partial charge in [0.25, 0.3) is 0 Å². The molecule has 0 bridgehead atoms. The van der Waals surface area contributed by atoms with Crippen LogP contribution < -0.4 is 217 Å². The summed E-state index contributed by atoms with van der Waals surface area (Å²) < 4.78 is 2.63. The van der Waals surface area contributed by atoms with Gasteiger partial charge in [-0.1, -0.05) is 6.07 Å². The Hall–Kier alpha value is 3.05. The van der Waals surface area contributed by atoms with Crippen molar-refractivity contribution in [2.45, 2.75) is 13.1 Å². The van der Waals surface area contributed by atoms with Gasteiger partial charge in [-0.3, -0.25) is 9.80 Å². The average Bonchev–Trinajstić information content (AvgIpc) is 3.40. The van der Waals surface area contributed by atoms with Gasteiger partial charge in [0, 0.05) is 38.6 Å². The smallest absolute Gasteiger partial charge is 0.687 e. The van der Waals surface area contributed by atoms with Crippen molar-refractivity contribution in [1.82, 2.24) is 34.3 Å². The van der Waals surface area contributed by atoms with Crippen molar-refractivity contribution in [2.75, 3.05) is 25.7 Å². The molecule has 3 heterocycles. The minimum absolute atomic E-state index is 0. The molecular formula is C19H19N7Na6O10P2. The van der Waals surface area contributed by atoms with Crippen molar-refractivity contribution in [2.24, 2.45) is 0 Å². The first-order chi connectivity index (χ1) is 17.7. The van der Waals surface area contributed by atoms with Gasteiger partial charge in [-0.25, -0.2) is 14.3 Å². The molecule has 0 atom stereocenters. The monoisotopic (exact) mass is 705 g/mol. The van der Waals surface area contributed by atoms with Crippen molar-refractivity contribution in [1.29, 1.82) is 0 Å². The van der Waals surface area contributed by atoms with Gasteiger partial charge in [-0.15, -0.1) is 15.9 Å². The van der Waals surface area contributed by atoms with Gasteiger partial charge in [0.15, 0.2) is 11.6 Å². The molecule has 0 saturated carbocycles. The summed E-state index contributed by atoms with van der Waals surface area (Å²) >= 11 is 0. The van der Waals surface area contributed by atoms with Gasteiger partial charge < -0.3 is 49.2 Å². The third-order valence-corrected chi connectivity index (χ3v) is 6.19. The summed E-state index contributed by atoms with van der Waals surface area (Å²) in [7, 11) is -10.1. The second-order valence-electron chi connectivity index (χ2n) is 8.08. The van der Waals surface area contributed by atoms with E-state index in [1.165, 1.54) is 33.9 Å². The zero-order chi connectivity index (χ0) is 28.1. The molecule has 0 aliphatic heterocycles. The molecule has 0 aliphatic rings. The Labute approximate surface area is 386 Å². The molecular weight excluding hydrogens is 686 g/mol. The second kappa shape index (κ2) is 25.1. The van der Waals surface area contributed by atoms with E-state index in [1.54, 1.807) is 18.2 Å². The standard InChI is InChI=1S/C19H25N7O10P2.6Na/c27-18(28)10-23(12-37(31,32)33)8-14-4-6-25(21-14)16-2-1-3-17(20-16)26-7-5-15(22-26)9-24(11-19(29)30)13-38(34,35)36;;;;;;/h1-7H,8-13H2,(H,27,28)(H,29,30)(H2,31,32,33)(H2,34,35,36);;;;;;/q;6*+1/p-6. The van der Waals surface area contributed by atoms with Crippen molar-refractivity contribution in [3.8, 4) is 11.6 Å². The predicted molar refractivity (Wildman–Crippen MR) is 113 cm³/mol. The summed E-state index contributed by atoms with van der Waals surface area (Å²) in [5.41, 5.74) is 0.491. The van der Waals surface area contributed by atoms with Crippen molar-refractivity contribution in [3.63, 3.8) is 0 Å². The summed E-state index contributed by atoms with van der Waals surface area (Å²) in [5, 5.41) is 30.2. The molecule has 0 amide bonds. The molecule has 0 spiro atoms. The summed E-state index contributed by atoms with van der Waals surface area (Å²) in [4.78, 5) is 94.4. The fourth-order valence-corrected chi connectivity index (χ4v) is 4.82. The van der Waals surface area contributed by atoms with E-state index in [-0.39, 0.29) is 213 Å². The molecule has 44 heavy (non-hydrogen) atoms. The van der Waals surface area contributed by atoms with Crippen LogP contribution in [0.3, 0.4) is 0 Å². The van der Waals surface area contributed by atoms with Crippen molar-refractivity contribution >= 4 is 27.8 Å². The number of hydrogen-bond donors (Lipinski definition) is 0. The van der Waals surface area contributed by atoms with E-state index < -0.39 is 53.5 Å². The Morgan fingerprint density at radius 2 is 0.977 bits per heavy atom. The van der Waals surface area contributed by atoms with Gasteiger partial charge in [0.2, 0.25) is 0 Å². The van der Waals surface area contributed by atoms with Crippen LogP contribution in [-0.4, -0.2) is 71.9 Å². The average molecular weight is 705 g/mol. The van der Waals surface area contributed by atoms with Crippen LogP contribution in [0.2, 0.25) is 0 Å². The maximum Gasteiger partial charge on any atom is 1.00 e. The Morgan fingerprint density at radius 1 is 0.636 bits per heavy atom. The minimum Gasteiger partial charge on any atom is -0.687 e. The topological polar surface area (TPSA) is 274 Å². The van der Waals surface area contributed by atoms with Crippen LogP contribution in [-0.2, 0) is 22.7 Å². The normalized spacial score (nSPS) is 10.7. The Bertz CT molecular complexity index is 1190. The van der Waals surface area contributed by atoms with Gasteiger partial charge in [0.1, 0.15) is 0 Å². The zero-order valence-corrected chi connectivity index (χ0v) is 39.2. The Kier molecular flexibility index (Phi) is 30.7. The first kappa shape index (κ1) is 53.8. The van der Waals surface area contributed by atoms with E-state index in [0.29, 0.717) is 0 Å². The molecule has 3 aromatic rings. The quantitative estimate of drug-likeness (QED) is 0.111. The third kappa shape index (κ3) is 20.7. The summed E-state index contributed by atoms with van der Waals surface area (Å²) in [6.45, 7) is -2.12. The number of rotatable bonds is 14. The fraction of sp³-hybridized carbons (Fsp3) is 0.316. The van der Waals surface area contributed by atoms with Gasteiger partial charge >= 0.3 is 177 Å². The van der Waals surface area contributed by atoms with Crippen LogP contribution in [0, 0.1) is 0 Å². The first-order valence-corrected chi connectivity index (χ1v) is 14.1. The van der Waals surface area contributed by atoms with E-state index in [0.717, 1.165) is 9.80 Å².